The second-order valence-corrected chi connectivity index (χ2v) is 6.39. The Bertz CT molecular complexity index is 475. The maximum Gasteiger partial charge on any atom is 0.255 e. The third kappa shape index (κ3) is 3.11. The number of benzene rings is 1. The molecule has 2 N–H and O–H groups in total. The van der Waals surface area contributed by atoms with Crippen molar-refractivity contribution in [3.63, 3.8) is 0 Å². The van der Waals surface area contributed by atoms with E-state index in [2.05, 4.69) is 22.9 Å². The van der Waals surface area contributed by atoms with Crippen LogP contribution in [-0.4, -0.2) is 23.9 Å². The minimum atomic E-state index is 0.0313. The van der Waals surface area contributed by atoms with Gasteiger partial charge in [-0.1, -0.05) is 35.7 Å². The van der Waals surface area contributed by atoms with Crippen LogP contribution in [0.4, 0.5) is 5.69 Å². The molecule has 1 saturated carbocycles. The van der Waals surface area contributed by atoms with Crippen LogP contribution in [0.15, 0.2) is 22.7 Å². The number of nitrogens with two attached hydrogens (primary N) is 1. The quantitative estimate of drug-likeness (QED) is 0.843. The Balaban J connectivity index is 2.18. The minimum absolute atomic E-state index is 0.0313. The van der Waals surface area contributed by atoms with Crippen LogP contribution in [-0.2, 0) is 0 Å². The Kier molecular flexibility index (Phi) is 4.50. The van der Waals surface area contributed by atoms with E-state index in [4.69, 9.17) is 5.73 Å². The first-order valence-corrected chi connectivity index (χ1v) is 7.62. The number of hydrogen-bond acceptors (Lipinski definition) is 2. The molecule has 0 aromatic heterocycles. The monoisotopic (exact) mass is 324 g/mol. The Morgan fingerprint density at radius 1 is 1.37 bits per heavy atom. The van der Waals surface area contributed by atoms with Crippen LogP contribution < -0.4 is 5.73 Å². The molecular formula is C15H21BrN2O. The lowest BCUT2D eigenvalue weighted by Gasteiger charge is -2.36. The molecule has 2 rings (SSSR count). The molecule has 0 heterocycles. The van der Waals surface area contributed by atoms with E-state index in [9.17, 15) is 4.79 Å². The van der Waals surface area contributed by atoms with Crippen LogP contribution in [0.25, 0.3) is 0 Å². The van der Waals surface area contributed by atoms with Gasteiger partial charge in [0.25, 0.3) is 5.91 Å². The SMILES string of the molecule is CC1CCCCC1N(C)C(=O)c1ccc(Br)cc1N. The molecule has 1 amide bonds. The zero-order valence-corrected chi connectivity index (χ0v) is 13.1. The van der Waals surface area contributed by atoms with E-state index in [-0.39, 0.29) is 5.91 Å². The summed E-state index contributed by atoms with van der Waals surface area (Å²) in [7, 11) is 1.90. The summed E-state index contributed by atoms with van der Waals surface area (Å²) >= 11 is 3.36. The Morgan fingerprint density at radius 3 is 2.68 bits per heavy atom. The van der Waals surface area contributed by atoms with Crippen molar-refractivity contribution >= 4 is 27.5 Å². The summed E-state index contributed by atoms with van der Waals surface area (Å²) in [5, 5.41) is 0. The average molecular weight is 325 g/mol. The first-order valence-electron chi connectivity index (χ1n) is 6.83. The molecule has 0 bridgehead atoms. The summed E-state index contributed by atoms with van der Waals surface area (Å²) < 4.78 is 0.898. The van der Waals surface area contributed by atoms with E-state index >= 15 is 0 Å². The van der Waals surface area contributed by atoms with Gasteiger partial charge in [0.05, 0.1) is 5.56 Å². The second kappa shape index (κ2) is 5.95. The van der Waals surface area contributed by atoms with Crippen LogP contribution in [0.3, 0.4) is 0 Å². The lowest BCUT2D eigenvalue weighted by Crippen LogP contribution is -2.42. The van der Waals surface area contributed by atoms with Crippen LogP contribution in [0.5, 0.6) is 0 Å². The molecule has 1 aliphatic rings. The van der Waals surface area contributed by atoms with Gasteiger partial charge in [-0.3, -0.25) is 4.79 Å². The van der Waals surface area contributed by atoms with E-state index < -0.39 is 0 Å². The summed E-state index contributed by atoms with van der Waals surface area (Å²) in [4.78, 5) is 14.4. The molecule has 0 radical (unpaired) electrons. The van der Waals surface area contributed by atoms with Crippen LogP contribution in [0.1, 0.15) is 43.0 Å². The van der Waals surface area contributed by atoms with Gasteiger partial charge in [0.15, 0.2) is 0 Å². The first-order chi connectivity index (χ1) is 9.00. The number of nitrogen functional groups attached to an aromatic ring is 1. The predicted octanol–water partition coefficient (Wildman–Crippen LogP) is 3.68. The average Bonchev–Trinajstić information content (AvgIpc) is 2.38. The molecular weight excluding hydrogens is 304 g/mol. The number of carbonyl (C=O) groups is 1. The highest BCUT2D eigenvalue weighted by molar-refractivity contribution is 9.10. The highest BCUT2D eigenvalue weighted by Crippen LogP contribution is 2.29. The topological polar surface area (TPSA) is 46.3 Å². The number of halogens is 1. The van der Waals surface area contributed by atoms with E-state index in [0.29, 0.717) is 23.2 Å². The zero-order valence-electron chi connectivity index (χ0n) is 11.5. The molecule has 1 aromatic carbocycles. The highest BCUT2D eigenvalue weighted by atomic mass is 79.9. The van der Waals surface area contributed by atoms with Gasteiger partial charge >= 0.3 is 0 Å². The third-order valence-corrected chi connectivity index (χ3v) is 4.62. The fourth-order valence-corrected chi connectivity index (χ4v) is 3.32. The molecule has 0 spiro atoms. The van der Waals surface area contributed by atoms with Crippen molar-refractivity contribution in [2.75, 3.05) is 12.8 Å². The maximum absolute atomic E-state index is 12.6. The van der Waals surface area contributed by atoms with E-state index in [0.717, 1.165) is 10.9 Å². The van der Waals surface area contributed by atoms with Crippen LogP contribution >= 0.6 is 15.9 Å². The normalized spacial score (nSPS) is 23.1. The van der Waals surface area contributed by atoms with E-state index in [1.54, 1.807) is 12.1 Å². The number of carbonyl (C=O) groups excluding carboxylic acids is 1. The lowest BCUT2D eigenvalue weighted by atomic mass is 9.85. The number of anilines is 1. The number of rotatable bonds is 2. The van der Waals surface area contributed by atoms with Gasteiger partial charge in [-0.25, -0.2) is 0 Å². The second-order valence-electron chi connectivity index (χ2n) is 5.48. The van der Waals surface area contributed by atoms with Gasteiger partial charge in [0, 0.05) is 23.2 Å². The fraction of sp³-hybridized carbons (Fsp3) is 0.533. The Hall–Kier alpha value is -1.03. The maximum atomic E-state index is 12.6. The minimum Gasteiger partial charge on any atom is -0.398 e. The Morgan fingerprint density at radius 2 is 2.05 bits per heavy atom. The van der Waals surface area contributed by atoms with Crippen molar-refractivity contribution in [1.82, 2.24) is 4.90 Å². The fourth-order valence-electron chi connectivity index (χ4n) is 2.94. The summed E-state index contributed by atoms with van der Waals surface area (Å²) in [6.07, 6.45) is 4.79. The largest absolute Gasteiger partial charge is 0.398 e. The number of amides is 1. The smallest absolute Gasteiger partial charge is 0.255 e. The van der Waals surface area contributed by atoms with Crippen molar-refractivity contribution in [2.24, 2.45) is 5.92 Å². The van der Waals surface area contributed by atoms with Crippen molar-refractivity contribution in [2.45, 2.75) is 38.6 Å². The molecule has 19 heavy (non-hydrogen) atoms. The molecule has 0 saturated heterocycles. The summed E-state index contributed by atoms with van der Waals surface area (Å²) in [5.74, 6) is 0.600. The van der Waals surface area contributed by atoms with Crippen LogP contribution in [0.2, 0.25) is 0 Å². The van der Waals surface area contributed by atoms with Crippen molar-refractivity contribution in [1.29, 1.82) is 0 Å². The van der Waals surface area contributed by atoms with Gasteiger partial charge in [-0.05, 0) is 37.0 Å². The lowest BCUT2D eigenvalue weighted by molar-refractivity contribution is 0.0630. The molecule has 3 nitrogen and oxygen atoms in total. The van der Waals surface area contributed by atoms with Gasteiger partial charge in [0.2, 0.25) is 0 Å². The van der Waals surface area contributed by atoms with Crippen molar-refractivity contribution in [3.8, 4) is 0 Å². The molecule has 2 atom stereocenters. The number of hydrogen-bond donors (Lipinski definition) is 1. The van der Waals surface area contributed by atoms with Crippen molar-refractivity contribution < 1.29 is 4.79 Å². The number of nitrogens with zero attached hydrogens (tertiary/aromatic N) is 1. The molecule has 1 aliphatic carbocycles. The van der Waals surface area contributed by atoms with Crippen LogP contribution in [0, 0.1) is 5.92 Å². The van der Waals surface area contributed by atoms with Crippen molar-refractivity contribution in [3.05, 3.63) is 28.2 Å². The summed E-state index contributed by atoms with van der Waals surface area (Å²) in [6, 6.07) is 5.78. The molecule has 1 fully saturated rings. The van der Waals surface area contributed by atoms with Gasteiger partial charge in [-0.2, -0.15) is 0 Å². The first kappa shape index (κ1) is 14.4. The summed E-state index contributed by atoms with van der Waals surface area (Å²) in [5.41, 5.74) is 7.08. The molecule has 2 unspecified atom stereocenters. The molecule has 104 valence electrons. The van der Waals surface area contributed by atoms with Gasteiger partial charge < -0.3 is 10.6 Å². The van der Waals surface area contributed by atoms with Gasteiger partial charge in [0.1, 0.15) is 0 Å². The predicted molar refractivity (Wildman–Crippen MR) is 82.1 cm³/mol. The third-order valence-electron chi connectivity index (χ3n) is 4.13. The highest BCUT2D eigenvalue weighted by Gasteiger charge is 2.28. The molecule has 1 aromatic rings. The standard InChI is InChI=1S/C15H21BrN2O/c1-10-5-3-4-6-14(10)18(2)15(19)12-8-7-11(16)9-13(12)17/h7-10,14H,3-6,17H2,1-2H3. The zero-order chi connectivity index (χ0) is 14.0. The molecule has 4 heteroatoms. The van der Waals surface area contributed by atoms with Gasteiger partial charge in [-0.15, -0.1) is 0 Å². The Labute approximate surface area is 123 Å². The van der Waals surface area contributed by atoms with E-state index in [1.165, 1.54) is 19.3 Å². The summed E-state index contributed by atoms with van der Waals surface area (Å²) in [6.45, 7) is 2.23. The van der Waals surface area contributed by atoms with E-state index in [1.807, 2.05) is 18.0 Å². The molecule has 0 aliphatic heterocycles.